The molecule has 2 nitrogen and oxygen atoms in total. The molecule has 1 aliphatic heterocycles. The van der Waals surface area contributed by atoms with Crippen LogP contribution in [-0.4, -0.2) is 31.1 Å². The third-order valence-electron chi connectivity index (χ3n) is 4.01. The van der Waals surface area contributed by atoms with Crippen LogP contribution in [0.3, 0.4) is 0 Å². The maximum atomic E-state index is 13.3. The summed E-state index contributed by atoms with van der Waals surface area (Å²) in [6, 6.07) is 5.69. The Labute approximate surface area is 128 Å². The third kappa shape index (κ3) is 4.44. The first-order chi connectivity index (χ1) is 9.22. The van der Waals surface area contributed by atoms with Crippen LogP contribution < -0.4 is 5.32 Å². The molecule has 1 aromatic rings. The first kappa shape index (κ1) is 17.4. The molecule has 1 fully saturated rings. The predicted molar refractivity (Wildman–Crippen MR) is 85.1 cm³/mol. The topological polar surface area (TPSA) is 15.3 Å². The Kier molecular flexibility index (Phi) is 7.49. The molecule has 0 spiro atoms. The summed E-state index contributed by atoms with van der Waals surface area (Å²) in [5.74, 6) is -0.129. The second-order valence-corrected chi connectivity index (χ2v) is 5.44. The number of rotatable bonds is 5. The molecule has 0 unspecified atom stereocenters. The molecule has 4 heteroatoms. The highest BCUT2D eigenvalue weighted by molar-refractivity contribution is 5.85. The van der Waals surface area contributed by atoms with E-state index in [0.29, 0.717) is 6.04 Å². The quantitative estimate of drug-likeness (QED) is 0.892. The zero-order valence-corrected chi connectivity index (χ0v) is 13.3. The largest absolute Gasteiger partial charge is 0.314 e. The average Bonchev–Trinajstić information content (AvgIpc) is 2.42. The van der Waals surface area contributed by atoms with Crippen LogP contribution in [0.1, 0.15) is 43.4 Å². The van der Waals surface area contributed by atoms with Crippen LogP contribution in [0.2, 0.25) is 0 Å². The van der Waals surface area contributed by atoms with Crippen LogP contribution in [-0.2, 0) is 0 Å². The lowest BCUT2D eigenvalue weighted by Gasteiger charge is -2.36. The molecular weight excluding hydrogens is 275 g/mol. The van der Waals surface area contributed by atoms with Gasteiger partial charge < -0.3 is 5.32 Å². The zero-order valence-electron chi connectivity index (χ0n) is 12.5. The number of halogens is 2. The fourth-order valence-corrected chi connectivity index (χ4v) is 2.94. The fraction of sp³-hybridized carbons (Fsp3) is 0.625. The van der Waals surface area contributed by atoms with E-state index in [1.165, 1.54) is 24.8 Å². The van der Waals surface area contributed by atoms with Gasteiger partial charge in [0.1, 0.15) is 5.82 Å². The van der Waals surface area contributed by atoms with E-state index in [-0.39, 0.29) is 18.2 Å². The average molecular weight is 301 g/mol. The van der Waals surface area contributed by atoms with E-state index in [9.17, 15) is 4.39 Å². The van der Waals surface area contributed by atoms with Crippen molar-refractivity contribution in [3.05, 3.63) is 35.1 Å². The highest BCUT2D eigenvalue weighted by Gasteiger charge is 2.22. The van der Waals surface area contributed by atoms with Gasteiger partial charge >= 0.3 is 0 Å². The van der Waals surface area contributed by atoms with E-state index < -0.39 is 0 Å². The molecule has 2 rings (SSSR count). The van der Waals surface area contributed by atoms with Crippen molar-refractivity contribution in [2.45, 2.75) is 39.2 Å². The molecule has 1 heterocycles. The van der Waals surface area contributed by atoms with Crippen molar-refractivity contribution in [2.75, 3.05) is 26.2 Å². The number of hydrogen-bond donors (Lipinski definition) is 1. The lowest BCUT2D eigenvalue weighted by Crippen LogP contribution is -2.45. The number of hydrogen-bond acceptors (Lipinski definition) is 2. The Bertz CT molecular complexity index is 405. The molecule has 20 heavy (non-hydrogen) atoms. The van der Waals surface area contributed by atoms with Gasteiger partial charge in [-0.3, -0.25) is 4.90 Å². The van der Waals surface area contributed by atoms with Gasteiger partial charge in [0.2, 0.25) is 0 Å². The summed E-state index contributed by atoms with van der Waals surface area (Å²) in [4.78, 5) is 2.55. The van der Waals surface area contributed by atoms with E-state index >= 15 is 0 Å². The summed E-state index contributed by atoms with van der Waals surface area (Å²) in [5.41, 5.74) is 2.39. The standard InChI is InChI=1S/C16H25FN2.ClH/c1-3-4-5-16(19-10-8-18-9-11-19)15-7-6-14(17)12-13(15)2;/h6-7,12,16,18H,3-5,8-11H2,1-2H3;1H/t16-;/m0./s1. The highest BCUT2D eigenvalue weighted by Crippen LogP contribution is 2.29. The van der Waals surface area contributed by atoms with Gasteiger partial charge in [-0.25, -0.2) is 4.39 Å². The lowest BCUT2D eigenvalue weighted by atomic mass is 9.95. The molecule has 114 valence electrons. The van der Waals surface area contributed by atoms with Crippen molar-refractivity contribution in [1.82, 2.24) is 10.2 Å². The van der Waals surface area contributed by atoms with Gasteiger partial charge in [0, 0.05) is 32.2 Å². The number of nitrogens with one attached hydrogen (secondary N) is 1. The lowest BCUT2D eigenvalue weighted by molar-refractivity contribution is 0.162. The minimum atomic E-state index is -0.129. The smallest absolute Gasteiger partial charge is 0.123 e. The monoisotopic (exact) mass is 300 g/mol. The number of aryl methyl sites for hydroxylation is 1. The third-order valence-corrected chi connectivity index (χ3v) is 4.01. The second kappa shape index (κ2) is 8.60. The van der Waals surface area contributed by atoms with E-state index in [1.54, 1.807) is 12.1 Å². The first-order valence-corrected chi connectivity index (χ1v) is 7.43. The van der Waals surface area contributed by atoms with Gasteiger partial charge in [0.25, 0.3) is 0 Å². The molecule has 0 amide bonds. The van der Waals surface area contributed by atoms with E-state index in [4.69, 9.17) is 0 Å². The number of unbranched alkanes of at least 4 members (excludes halogenated alkanes) is 1. The highest BCUT2D eigenvalue weighted by atomic mass is 35.5. The van der Waals surface area contributed by atoms with Crippen LogP contribution >= 0.6 is 12.4 Å². The van der Waals surface area contributed by atoms with Crippen molar-refractivity contribution in [3.8, 4) is 0 Å². The van der Waals surface area contributed by atoms with Gasteiger partial charge in [0.15, 0.2) is 0 Å². The molecule has 0 radical (unpaired) electrons. The normalized spacial score (nSPS) is 17.6. The zero-order chi connectivity index (χ0) is 13.7. The summed E-state index contributed by atoms with van der Waals surface area (Å²) in [7, 11) is 0. The van der Waals surface area contributed by atoms with E-state index in [0.717, 1.165) is 31.7 Å². The van der Waals surface area contributed by atoms with Gasteiger partial charge in [-0.05, 0) is 36.6 Å². The minimum absolute atomic E-state index is 0. The van der Waals surface area contributed by atoms with Crippen LogP contribution in [0.5, 0.6) is 0 Å². The number of piperazine rings is 1. The maximum absolute atomic E-state index is 13.3. The van der Waals surface area contributed by atoms with E-state index in [2.05, 4.69) is 17.1 Å². The molecule has 1 aromatic carbocycles. The Balaban J connectivity index is 0.00000200. The van der Waals surface area contributed by atoms with E-state index in [1.807, 2.05) is 13.0 Å². The Morgan fingerprint density at radius 1 is 1.30 bits per heavy atom. The molecular formula is C16H26ClFN2. The van der Waals surface area contributed by atoms with Crippen LogP contribution in [0.15, 0.2) is 18.2 Å². The summed E-state index contributed by atoms with van der Waals surface area (Å²) >= 11 is 0. The Morgan fingerprint density at radius 3 is 2.60 bits per heavy atom. The van der Waals surface area contributed by atoms with Crippen LogP contribution in [0, 0.1) is 12.7 Å². The summed E-state index contributed by atoms with van der Waals surface area (Å²) < 4.78 is 13.3. The molecule has 0 aliphatic carbocycles. The van der Waals surface area contributed by atoms with Crippen molar-refractivity contribution >= 4 is 12.4 Å². The van der Waals surface area contributed by atoms with Gasteiger partial charge in [-0.2, -0.15) is 0 Å². The Morgan fingerprint density at radius 2 is 2.00 bits per heavy atom. The van der Waals surface area contributed by atoms with Crippen molar-refractivity contribution in [2.24, 2.45) is 0 Å². The number of nitrogens with zero attached hydrogens (tertiary/aromatic N) is 1. The second-order valence-electron chi connectivity index (χ2n) is 5.44. The minimum Gasteiger partial charge on any atom is -0.314 e. The van der Waals surface area contributed by atoms with Crippen molar-refractivity contribution < 1.29 is 4.39 Å². The summed E-state index contributed by atoms with van der Waals surface area (Å²) in [6.45, 7) is 8.55. The molecule has 1 N–H and O–H groups in total. The van der Waals surface area contributed by atoms with Crippen molar-refractivity contribution in [3.63, 3.8) is 0 Å². The Hall–Kier alpha value is -0.640. The summed E-state index contributed by atoms with van der Waals surface area (Å²) in [5, 5.41) is 3.40. The molecule has 0 saturated carbocycles. The maximum Gasteiger partial charge on any atom is 0.123 e. The predicted octanol–water partition coefficient (Wildman–Crippen LogP) is 3.69. The molecule has 0 aromatic heterocycles. The summed E-state index contributed by atoms with van der Waals surface area (Å²) in [6.07, 6.45) is 3.61. The van der Waals surface area contributed by atoms with Gasteiger partial charge in [-0.1, -0.05) is 25.8 Å². The van der Waals surface area contributed by atoms with Crippen LogP contribution in [0.4, 0.5) is 4.39 Å². The fourth-order valence-electron chi connectivity index (χ4n) is 2.94. The molecule has 1 saturated heterocycles. The SMILES string of the molecule is CCCC[C@@H](c1ccc(F)cc1C)N1CCNCC1.Cl. The molecule has 0 bridgehead atoms. The number of benzene rings is 1. The van der Waals surface area contributed by atoms with Crippen LogP contribution in [0.25, 0.3) is 0 Å². The first-order valence-electron chi connectivity index (χ1n) is 7.43. The van der Waals surface area contributed by atoms with Crippen molar-refractivity contribution in [1.29, 1.82) is 0 Å². The van der Waals surface area contributed by atoms with Gasteiger partial charge in [0.05, 0.1) is 0 Å². The molecule has 1 aliphatic rings. The van der Waals surface area contributed by atoms with Gasteiger partial charge in [-0.15, -0.1) is 12.4 Å². The molecule has 1 atom stereocenters.